The number of amides is 1. The minimum absolute atomic E-state index is 0.00642. The number of nitrogens with zero attached hydrogens (tertiary/aromatic N) is 3. The summed E-state index contributed by atoms with van der Waals surface area (Å²) in [5, 5.41) is 15.9. The highest BCUT2D eigenvalue weighted by Crippen LogP contribution is 2.36. The summed E-state index contributed by atoms with van der Waals surface area (Å²) < 4.78 is 52.5. The third-order valence-corrected chi connectivity index (χ3v) is 5.68. The lowest BCUT2D eigenvalue weighted by atomic mass is 10.0. The van der Waals surface area contributed by atoms with Crippen molar-refractivity contribution >= 4 is 40.6 Å². The minimum Gasteiger partial charge on any atom is -0.336 e. The lowest BCUT2D eigenvalue weighted by Crippen LogP contribution is -2.25. The second kappa shape index (κ2) is 10.9. The van der Waals surface area contributed by atoms with Gasteiger partial charge in [0.15, 0.2) is 5.84 Å². The van der Waals surface area contributed by atoms with Crippen LogP contribution in [0.5, 0.6) is 0 Å². The minimum atomic E-state index is -4.49. The highest BCUT2D eigenvalue weighted by molar-refractivity contribution is 6.46. The number of rotatable bonds is 5. The van der Waals surface area contributed by atoms with E-state index in [0.29, 0.717) is 16.4 Å². The molecule has 0 spiro atoms. The summed E-state index contributed by atoms with van der Waals surface area (Å²) in [5.41, 5.74) is 1.21. The van der Waals surface area contributed by atoms with Crippen molar-refractivity contribution in [2.24, 2.45) is 10.3 Å². The standard InChI is InChI=1S/C25H20ClF4N5O2/c1-31-24(36)37-34-23(32-19-10-4-16(5-11-19)25(28,29)30)21-14-22(15-2-8-18(27)9-3-15)35(33-21)20-12-6-17(26)7-13-20/h2-13,22H,14H2,1H3,(H,31,36)(H,32,34). The van der Waals surface area contributed by atoms with Crippen LogP contribution in [0.1, 0.15) is 23.6 Å². The smallest absolute Gasteiger partial charge is 0.336 e. The second-order valence-corrected chi connectivity index (χ2v) is 8.34. The van der Waals surface area contributed by atoms with Crippen LogP contribution in [0.15, 0.2) is 83.1 Å². The molecule has 37 heavy (non-hydrogen) atoms. The largest absolute Gasteiger partial charge is 0.433 e. The Kier molecular flexibility index (Phi) is 7.63. The molecule has 1 amide bonds. The third kappa shape index (κ3) is 6.36. The number of halogens is 5. The van der Waals surface area contributed by atoms with Crippen molar-refractivity contribution in [2.75, 3.05) is 17.4 Å². The third-order valence-electron chi connectivity index (χ3n) is 5.43. The van der Waals surface area contributed by atoms with Crippen LogP contribution in [-0.4, -0.2) is 24.7 Å². The van der Waals surface area contributed by atoms with Gasteiger partial charge in [0.2, 0.25) is 0 Å². The molecule has 4 rings (SSSR count). The molecule has 0 fully saturated rings. The molecule has 1 atom stereocenters. The number of benzene rings is 3. The highest BCUT2D eigenvalue weighted by Gasteiger charge is 2.33. The van der Waals surface area contributed by atoms with Crippen molar-refractivity contribution in [2.45, 2.75) is 18.6 Å². The molecule has 1 aliphatic heterocycles. The second-order valence-electron chi connectivity index (χ2n) is 7.91. The lowest BCUT2D eigenvalue weighted by molar-refractivity contribution is -0.137. The molecule has 0 aliphatic carbocycles. The number of oxime groups is 1. The van der Waals surface area contributed by atoms with E-state index >= 15 is 0 Å². The van der Waals surface area contributed by atoms with Gasteiger partial charge < -0.3 is 10.6 Å². The molecule has 0 aromatic heterocycles. The van der Waals surface area contributed by atoms with Crippen molar-refractivity contribution in [3.05, 3.63) is 94.8 Å². The molecule has 3 aromatic carbocycles. The average molecular weight is 534 g/mol. The molecule has 7 nitrogen and oxygen atoms in total. The lowest BCUT2D eigenvalue weighted by Gasteiger charge is -2.24. The number of carbonyl (C=O) groups excluding carboxylic acids is 1. The summed E-state index contributed by atoms with van der Waals surface area (Å²) in [5.74, 6) is -0.391. The number of hydrazone groups is 1. The first kappa shape index (κ1) is 26.0. The van der Waals surface area contributed by atoms with E-state index in [1.807, 2.05) is 0 Å². The summed E-state index contributed by atoms with van der Waals surface area (Å²) in [4.78, 5) is 16.5. The van der Waals surface area contributed by atoms with Gasteiger partial charge in [-0.15, -0.1) is 0 Å². The van der Waals surface area contributed by atoms with E-state index < -0.39 is 29.7 Å². The van der Waals surface area contributed by atoms with Gasteiger partial charge in [-0.3, -0.25) is 9.85 Å². The Balaban J connectivity index is 1.70. The first-order chi connectivity index (χ1) is 17.6. The highest BCUT2D eigenvalue weighted by atomic mass is 35.5. The summed E-state index contributed by atoms with van der Waals surface area (Å²) in [6, 6.07) is 16.7. The molecule has 12 heteroatoms. The topological polar surface area (TPSA) is 78.3 Å². The van der Waals surface area contributed by atoms with Crippen LogP contribution < -0.4 is 15.6 Å². The first-order valence-corrected chi connectivity index (χ1v) is 11.3. The number of hydrogen-bond donors (Lipinski definition) is 2. The summed E-state index contributed by atoms with van der Waals surface area (Å²) in [6.45, 7) is 0. The van der Waals surface area contributed by atoms with Crippen LogP contribution in [0.25, 0.3) is 0 Å². The summed E-state index contributed by atoms with van der Waals surface area (Å²) >= 11 is 6.03. The fraction of sp³-hybridized carbons (Fsp3) is 0.160. The van der Waals surface area contributed by atoms with Crippen LogP contribution in [-0.2, 0) is 11.0 Å². The summed E-state index contributed by atoms with van der Waals surface area (Å²) in [7, 11) is 1.35. The molecule has 2 N–H and O–H groups in total. The van der Waals surface area contributed by atoms with E-state index in [1.54, 1.807) is 41.4 Å². The van der Waals surface area contributed by atoms with Gasteiger partial charge in [0, 0.05) is 24.2 Å². The Bertz CT molecular complexity index is 1310. The average Bonchev–Trinajstić information content (AvgIpc) is 3.32. The number of carbonyl (C=O) groups is 1. The molecule has 0 bridgehead atoms. The van der Waals surface area contributed by atoms with Crippen LogP contribution in [0.2, 0.25) is 5.02 Å². The van der Waals surface area contributed by atoms with E-state index in [0.717, 1.165) is 17.7 Å². The predicted molar refractivity (Wildman–Crippen MR) is 133 cm³/mol. The molecule has 1 unspecified atom stereocenters. The van der Waals surface area contributed by atoms with Crippen LogP contribution in [0.4, 0.5) is 33.7 Å². The Morgan fingerprint density at radius 2 is 1.70 bits per heavy atom. The maximum absolute atomic E-state index is 13.6. The van der Waals surface area contributed by atoms with E-state index in [2.05, 4.69) is 20.9 Å². The molecule has 0 saturated heterocycles. The SMILES string of the molecule is CNC(=O)O/N=C(\Nc1ccc(C(F)(F)F)cc1)C1=NN(c2ccc(Cl)cc2)C(c2ccc(F)cc2)C1. The van der Waals surface area contributed by atoms with Crippen LogP contribution in [0.3, 0.4) is 0 Å². The number of anilines is 2. The zero-order valence-corrected chi connectivity index (χ0v) is 20.0. The van der Waals surface area contributed by atoms with Crippen molar-refractivity contribution in [1.29, 1.82) is 0 Å². The van der Waals surface area contributed by atoms with Gasteiger partial charge in [0.25, 0.3) is 0 Å². The summed E-state index contributed by atoms with van der Waals surface area (Å²) in [6.07, 6.45) is -5.10. The Morgan fingerprint density at radius 1 is 1.05 bits per heavy atom. The Labute approximate surface area is 214 Å². The van der Waals surface area contributed by atoms with Gasteiger partial charge in [0.05, 0.1) is 17.3 Å². The molecule has 192 valence electrons. The molecule has 1 heterocycles. The van der Waals surface area contributed by atoms with Crippen LogP contribution >= 0.6 is 11.6 Å². The van der Waals surface area contributed by atoms with Gasteiger partial charge in [-0.05, 0) is 66.2 Å². The van der Waals surface area contributed by atoms with Gasteiger partial charge in [-0.25, -0.2) is 9.18 Å². The molecular weight excluding hydrogens is 514 g/mol. The first-order valence-electron chi connectivity index (χ1n) is 10.9. The Morgan fingerprint density at radius 3 is 2.30 bits per heavy atom. The number of alkyl halides is 3. The zero-order chi connectivity index (χ0) is 26.6. The predicted octanol–water partition coefficient (Wildman–Crippen LogP) is 6.59. The maximum Gasteiger partial charge on any atom is 0.433 e. The van der Waals surface area contributed by atoms with Crippen molar-refractivity contribution in [3.8, 4) is 0 Å². The van der Waals surface area contributed by atoms with Crippen LogP contribution in [0, 0.1) is 5.82 Å². The molecule has 0 radical (unpaired) electrons. The van der Waals surface area contributed by atoms with Gasteiger partial charge in [0.1, 0.15) is 11.5 Å². The number of nitrogens with one attached hydrogen (secondary N) is 2. The monoisotopic (exact) mass is 533 g/mol. The van der Waals surface area contributed by atoms with Crippen molar-refractivity contribution < 1.29 is 27.2 Å². The normalized spacial score (nSPS) is 15.8. The maximum atomic E-state index is 13.6. The molecule has 1 aliphatic rings. The van der Waals surface area contributed by atoms with Crippen molar-refractivity contribution in [1.82, 2.24) is 5.32 Å². The fourth-order valence-corrected chi connectivity index (χ4v) is 3.72. The number of amidine groups is 1. The quantitative estimate of drug-likeness (QED) is 0.128. The zero-order valence-electron chi connectivity index (χ0n) is 19.3. The van der Waals surface area contributed by atoms with Crippen molar-refractivity contribution in [3.63, 3.8) is 0 Å². The van der Waals surface area contributed by atoms with E-state index in [4.69, 9.17) is 16.4 Å². The van der Waals surface area contributed by atoms with E-state index in [9.17, 15) is 22.4 Å². The van der Waals surface area contributed by atoms with E-state index in [1.165, 1.54) is 31.3 Å². The van der Waals surface area contributed by atoms with Gasteiger partial charge >= 0.3 is 12.3 Å². The molecule has 3 aromatic rings. The molecule has 0 saturated carbocycles. The fourth-order valence-electron chi connectivity index (χ4n) is 3.59. The Hall–Kier alpha value is -4.12. The van der Waals surface area contributed by atoms with Gasteiger partial charge in [-0.2, -0.15) is 18.3 Å². The van der Waals surface area contributed by atoms with E-state index in [-0.39, 0.29) is 17.9 Å². The number of hydrogen-bond acceptors (Lipinski definition) is 5. The van der Waals surface area contributed by atoms with Gasteiger partial charge in [-0.1, -0.05) is 28.9 Å². The molecular formula is C25H20ClF4N5O2.